The monoisotopic (exact) mass is 284 g/mol. The molecule has 1 saturated heterocycles. The van der Waals surface area contributed by atoms with Crippen LogP contribution >= 0.6 is 0 Å². The molecule has 0 spiro atoms. The molecule has 0 unspecified atom stereocenters. The maximum Gasteiger partial charge on any atom is 0.122 e. The third-order valence-corrected chi connectivity index (χ3v) is 3.69. The van der Waals surface area contributed by atoms with Crippen molar-refractivity contribution >= 4 is 0 Å². The molecule has 4 heteroatoms. The van der Waals surface area contributed by atoms with E-state index in [4.69, 9.17) is 9.47 Å². The number of hydrogen-bond acceptors (Lipinski definition) is 4. The van der Waals surface area contributed by atoms with Gasteiger partial charge in [0.2, 0.25) is 0 Å². The molecule has 3 rings (SSSR count). The summed E-state index contributed by atoms with van der Waals surface area (Å²) in [7, 11) is 1.67. The Bertz CT molecular complexity index is 578. The van der Waals surface area contributed by atoms with Crippen molar-refractivity contribution in [3.63, 3.8) is 0 Å². The highest BCUT2D eigenvalue weighted by atomic mass is 16.5. The highest BCUT2D eigenvalue weighted by Gasteiger charge is 2.15. The number of morpholine rings is 1. The van der Waals surface area contributed by atoms with Gasteiger partial charge in [0.25, 0.3) is 0 Å². The van der Waals surface area contributed by atoms with Gasteiger partial charge in [-0.25, -0.2) is 0 Å². The summed E-state index contributed by atoms with van der Waals surface area (Å²) in [5.74, 6) is 0.846. The molecule has 2 heterocycles. The second kappa shape index (κ2) is 6.70. The van der Waals surface area contributed by atoms with Gasteiger partial charge in [-0.15, -0.1) is 0 Å². The quantitative estimate of drug-likeness (QED) is 0.936. The van der Waals surface area contributed by atoms with Crippen LogP contribution in [0.3, 0.4) is 0 Å². The summed E-state index contributed by atoms with van der Waals surface area (Å²) in [6.45, 7) is 2.60. The maximum atomic E-state index is 5.76. The smallest absolute Gasteiger partial charge is 0.122 e. The lowest BCUT2D eigenvalue weighted by atomic mass is 10.0. The number of ether oxygens (including phenoxy) is 2. The van der Waals surface area contributed by atoms with Gasteiger partial charge in [0.1, 0.15) is 5.75 Å². The van der Waals surface area contributed by atoms with E-state index >= 15 is 0 Å². The number of nitrogens with zero attached hydrogens (tertiary/aromatic N) is 1. The van der Waals surface area contributed by atoms with E-state index in [1.54, 1.807) is 13.3 Å². The van der Waals surface area contributed by atoms with Gasteiger partial charge in [0, 0.05) is 37.5 Å². The molecule has 0 radical (unpaired) electrons. The van der Waals surface area contributed by atoms with Crippen LogP contribution < -0.4 is 10.1 Å². The predicted octanol–water partition coefficient (Wildman–Crippen LogP) is 2.34. The van der Waals surface area contributed by atoms with Crippen LogP contribution in [0.25, 0.3) is 0 Å². The van der Waals surface area contributed by atoms with E-state index in [9.17, 15) is 0 Å². The van der Waals surface area contributed by atoms with E-state index in [1.807, 2.05) is 12.1 Å². The van der Waals surface area contributed by atoms with Crippen LogP contribution in [0.2, 0.25) is 0 Å². The first-order valence-corrected chi connectivity index (χ1v) is 7.25. The van der Waals surface area contributed by atoms with E-state index in [0.29, 0.717) is 0 Å². The number of rotatable bonds is 4. The molecule has 0 bridgehead atoms. The van der Waals surface area contributed by atoms with Crippen LogP contribution in [0, 0.1) is 0 Å². The van der Waals surface area contributed by atoms with Gasteiger partial charge >= 0.3 is 0 Å². The normalized spacial score (nSPS) is 18.4. The van der Waals surface area contributed by atoms with Gasteiger partial charge in [-0.2, -0.15) is 0 Å². The van der Waals surface area contributed by atoms with Gasteiger partial charge in [-0.3, -0.25) is 4.98 Å². The lowest BCUT2D eigenvalue weighted by molar-refractivity contribution is 0.0277. The molecule has 1 fully saturated rings. The Morgan fingerprint density at radius 1 is 1.29 bits per heavy atom. The third-order valence-electron chi connectivity index (χ3n) is 3.69. The molecule has 1 N–H and O–H groups in total. The second-order valence-corrected chi connectivity index (χ2v) is 5.17. The van der Waals surface area contributed by atoms with Crippen LogP contribution in [-0.4, -0.2) is 31.8 Å². The zero-order chi connectivity index (χ0) is 14.5. The van der Waals surface area contributed by atoms with Gasteiger partial charge < -0.3 is 14.8 Å². The van der Waals surface area contributed by atoms with Crippen molar-refractivity contribution < 1.29 is 9.47 Å². The zero-order valence-corrected chi connectivity index (χ0v) is 12.2. The Morgan fingerprint density at radius 3 is 2.86 bits per heavy atom. The Labute approximate surface area is 125 Å². The van der Waals surface area contributed by atoms with Crippen LogP contribution in [0.15, 0.2) is 42.6 Å². The van der Waals surface area contributed by atoms with Crippen molar-refractivity contribution in [3.8, 4) is 5.75 Å². The SMILES string of the molecule is COc1ccnc(Cc2ccc([C@H]3CNCCO3)cc2)c1. The second-order valence-electron chi connectivity index (χ2n) is 5.17. The van der Waals surface area contributed by atoms with Crippen LogP contribution in [-0.2, 0) is 11.2 Å². The summed E-state index contributed by atoms with van der Waals surface area (Å²) in [6.07, 6.45) is 2.76. The molecule has 110 valence electrons. The molecule has 1 aliphatic heterocycles. The zero-order valence-electron chi connectivity index (χ0n) is 12.2. The highest BCUT2D eigenvalue weighted by molar-refractivity contribution is 5.30. The largest absolute Gasteiger partial charge is 0.497 e. The number of methoxy groups -OCH3 is 1. The summed E-state index contributed by atoms with van der Waals surface area (Å²) < 4.78 is 11.0. The molecule has 4 nitrogen and oxygen atoms in total. The van der Waals surface area contributed by atoms with E-state index in [-0.39, 0.29) is 6.10 Å². The summed E-state index contributed by atoms with van der Waals surface area (Å²) in [5.41, 5.74) is 3.48. The Kier molecular flexibility index (Phi) is 4.48. The molecule has 1 atom stereocenters. The standard InChI is InChI=1S/C17H20N2O2/c1-20-16-6-7-19-15(11-16)10-13-2-4-14(5-3-13)17-12-18-8-9-21-17/h2-7,11,17-18H,8-10,12H2,1H3/t17-/m1/s1. The van der Waals surface area contributed by atoms with Crippen molar-refractivity contribution in [2.75, 3.05) is 26.8 Å². The Balaban J connectivity index is 1.68. The summed E-state index contributed by atoms with van der Waals surface area (Å²) in [5, 5.41) is 3.35. The van der Waals surface area contributed by atoms with E-state index in [1.165, 1.54) is 11.1 Å². The van der Waals surface area contributed by atoms with Gasteiger partial charge in [0.15, 0.2) is 0 Å². The first-order chi connectivity index (χ1) is 10.3. The highest BCUT2D eigenvalue weighted by Crippen LogP contribution is 2.20. The van der Waals surface area contributed by atoms with Crippen molar-refractivity contribution in [2.45, 2.75) is 12.5 Å². The summed E-state index contributed by atoms with van der Waals surface area (Å²) in [6, 6.07) is 12.4. The van der Waals surface area contributed by atoms with Crippen molar-refractivity contribution in [3.05, 3.63) is 59.4 Å². The number of aromatic nitrogens is 1. The number of nitrogens with one attached hydrogen (secondary N) is 1. The van der Waals surface area contributed by atoms with Gasteiger partial charge in [-0.05, 0) is 17.2 Å². The molecular formula is C17H20N2O2. The minimum absolute atomic E-state index is 0.169. The molecular weight excluding hydrogens is 264 g/mol. The summed E-state index contributed by atoms with van der Waals surface area (Å²) >= 11 is 0. The van der Waals surface area contributed by atoms with Gasteiger partial charge in [-0.1, -0.05) is 24.3 Å². The lowest BCUT2D eigenvalue weighted by Gasteiger charge is -2.24. The van der Waals surface area contributed by atoms with Crippen molar-refractivity contribution in [1.29, 1.82) is 0 Å². The first-order valence-electron chi connectivity index (χ1n) is 7.25. The van der Waals surface area contributed by atoms with Crippen molar-refractivity contribution in [2.24, 2.45) is 0 Å². The molecule has 21 heavy (non-hydrogen) atoms. The molecule has 2 aromatic rings. The first kappa shape index (κ1) is 14.0. The predicted molar refractivity (Wildman–Crippen MR) is 81.6 cm³/mol. The van der Waals surface area contributed by atoms with E-state index < -0.39 is 0 Å². The average molecular weight is 284 g/mol. The van der Waals surface area contributed by atoms with Crippen LogP contribution in [0.4, 0.5) is 0 Å². The minimum Gasteiger partial charge on any atom is -0.497 e. The molecule has 0 amide bonds. The molecule has 1 aromatic carbocycles. The molecule has 1 aliphatic rings. The Morgan fingerprint density at radius 2 is 2.14 bits per heavy atom. The Hall–Kier alpha value is -1.91. The minimum atomic E-state index is 0.169. The van der Waals surface area contributed by atoms with E-state index in [0.717, 1.165) is 37.6 Å². The van der Waals surface area contributed by atoms with Crippen LogP contribution in [0.1, 0.15) is 22.9 Å². The summed E-state index contributed by atoms with van der Waals surface area (Å²) in [4.78, 5) is 4.38. The molecule has 0 aliphatic carbocycles. The molecule has 0 saturated carbocycles. The number of hydrogen-bond donors (Lipinski definition) is 1. The van der Waals surface area contributed by atoms with Crippen molar-refractivity contribution in [1.82, 2.24) is 10.3 Å². The lowest BCUT2D eigenvalue weighted by Crippen LogP contribution is -2.33. The average Bonchev–Trinajstić information content (AvgIpc) is 2.56. The number of pyridine rings is 1. The maximum absolute atomic E-state index is 5.76. The topological polar surface area (TPSA) is 43.4 Å². The fraction of sp³-hybridized carbons (Fsp3) is 0.353. The third kappa shape index (κ3) is 3.60. The van der Waals surface area contributed by atoms with E-state index in [2.05, 4.69) is 34.6 Å². The van der Waals surface area contributed by atoms with Crippen LogP contribution in [0.5, 0.6) is 5.75 Å². The fourth-order valence-electron chi connectivity index (χ4n) is 2.52. The molecule has 1 aromatic heterocycles. The number of benzene rings is 1. The fourth-order valence-corrected chi connectivity index (χ4v) is 2.52. The van der Waals surface area contributed by atoms with Gasteiger partial charge in [0.05, 0.1) is 19.8 Å².